The van der Waals surface area contributed by atoms with E-state index in [4.69, 9.17) is 0 Å². The van der Waals surface area contributed by atoms with Gasteiger partial charge in [0.1, 0.15) is 5.82 Å². The summed E-state index contributed by atoms with van der Waals surface area (Å²) in [7, 11) is 1.91. The van der Waals surface area contributed by atoms with Crippen molar-refractivity contribution in [1.29, 1.82) is 0 Å². The molecule has 0 spiro atoms. The van der Waals surface area contributed by atoms with Gasteiger partial charge in [0, 0.05) is 13.1 Å². The van der Waals surface area contributed by atoms with Gasteiger partial charge in [-0.1, -0.05) is 6.92 Å². The second kappa shape index (κ2) is 4.61. The van der Waals surface area contributed by atoms with E-state index in [0.29, 0.717) is 0 Å². The number of nitrogens with zero attached hydrogens (tertiary/aromatic N) is 3. The highest BCUT2D eigenvalue weighted by Gasteiger charge is 2.18. The van der Waals surface area contributed by atoms with E-state index in [1.807, 2.05) is 7.05 Å². The van der Waals surface area contributed by atoms with Crippen molar-refractivity contribution in [3.63, 3.8) is 0 Å². The van der Waals surface area contributed by atoms with Crippen LogP contribution in [0.3, 0.4) is 0 Å². The predicted octanol–water partition coefficient (Wildman–Crippen LogP) is 0.760. The number of hydrogen-bond donors (Lipinski definition) is 2. The molecule has 1 saturated heterocycles. The van der Waals surface area contributed by atoms with E-state index in [-0.39, 0.29) is 0 Å². The van der Waals surface area contributed by atoms with E-state index in [9.17, 15) is 0 Å². The minimum atomic E-state index is 0.747. The van der Waals surface area contributed by atoms with E-state index in [0.717, 1.165) is 37.3 Å². The molecule has 0 aromatic carbocycles. The van der Waals surface area contributed by atoms with Crippen molar-refractivity contribution < 1.29 is 0 Å². The number of aromatic nitrogens is 3. The van der Waals surface area contributed by atoms with Crippen LogP contribution in [-0.4, -0.2) is 35.3 Å². The van der Waals surface area contributed by atoms with Crippen molar-refractivity contribution in [1.82, 2.24) is 20.5 Å². The molecule has 0 amide bonds. The first-order chi connectivity index (χ1) is 7.29. The predicted molar refractivity (Wildman–Crippen MR) is 59.8 cm³/mol. The molecule has 0 aliphatic carbocycles. The van der Waals surface area contributed by atoms with Crippen molar-refractivity contribution in [3.8, 4) is 0 Å². The molecule has 84 valence electrons. The van der Waals surface area contributed by atoms with Gasteiger partial charge in [-0.05, 0) is 25.8 Å². The van der Waals surface area contributed by atoms with Gasteiger partial charge in [0.05, 0.1) is 6.54 Å². The average Bonchev–Trinajstić information content (AvgIpc) is 2.68. The van der Waals surface area contributed by atoms with Crippen LogP contribution in [0.4, 0.5) is 5.95 Å². The number of nitrogens with one attached hydrogen (secondary N) is 2. The van der Waals surface area contributed by atoms with Crippen LogP contribution in [-0.2, 0) is 6.54 Å². The standard InChI is InChI=1S/C10H19N5/c1-8-3-5-15(6-4-8)10-12-9(7-11-2)13-14-10/h8,11H,3-7H2,1-2H3,(H,12,13,14). The number of rotatable bonds is 3. The van der Waals surface area contributed by atoms with E-state index in [1.54, 1.807) is 0 Å². The molecule has 1 fully saturated rings. The normalized spacial score (nSPS) is 18.4. The van der Waals surface area contributed by atoms with Crippen LogP contribution in [0.1, 0.15) is 25.6 Å². The molecule has 2 heterocycles. The summed E-state index contributed by atoms with van der Waals surface area (Å²) < 4.78 is 0. The third-order valence-electron chi connectivity index (χ3n) is 2.93. The summed E-state index contributed by atoms with van der Waals surface area (Å²) in [5, 5.41) is 10.2. The Labute approximate surface area is 90.3 Å². The van der Waals surface area contributed by atoms with Crippen molar-refractivity contribution in [2.45, 2.75) is 26.3 Å². The number of piperidine rings is 1. The summed E-state index contributed by atoms with van der Waals surface area (Å²) in [6, 6.07) is 0. The molecule has 1 aromatic rings. The fourth-order valence-corrected chi connectivity index (χ4v) is 1.88. The Hall–Kier alpha value is -1.10. The Kier molecular flexibility index (Phi) is 3.20. The molecule has 2 rings (SSSR count). The summed E-state index contributed by atoms with van der Waals surface area (Å²) in [6.07, 6.45) is 2.49. The van der Waals surface area contributed by atoms with Crippen LogP contribution in [0, 0.1) is 5.92 Å². The number of H-pyrrole nitrogens is 1. The first-order valence-electron chi connectivity index (χ1n) is 5.60. The van der Waals surface area contributed by atoms with E-state index in [2.05, 4.69) is 32.3 Å². The SMILES string of the molecule is CNCc1nc(N2CCC(C)CC2)n[nH]1. The summed E-state index contributed by atoms with van der Waals surface area (Å²) in [6.45, 7) is 5.22. The van der Waals surface area contributed by atoms with Crippen molar-refractivity contribution in [3.05, 3.63) is 5.82 Å². The Bertz CT molecular complexity index is 301. The maximum absolute atomic E-state index is 4.45. The van der Waals surface area contributed by atoms with Gasteiger partial charge >= 0.3 is 0 Å². The molecular formula is C10H19N5. The molecule has 1 aromatic heterocycles. The molecule has 0 radical (unpaired) electrons. The fourth-order valence-electron chi connectivity index (χ4n) is 1.88. The van der Waals surface area contributed by atoms with Crippen molar-refractivity contribution in [2.24, 2.45) is 5.92 Å². The molecule has 2 N–H and O–H groups in total. The Morgan fingerprint density at radius 1 is 1.47 bits per heavy atom. The highest BCUT2D eigenvalue weighted by atomic mass is 15.4. The van der Waals surface area contributed by atoms with Gasteiger partial charge in [-0.15, -0.1) is 5.10 Å². The minimum absolute atomic E-state index is 0.747. The molecule has 0 saturated carbocycles. The summed E-state index contributed by atoms with van der Waals surface area (Å²) in [4.78, 5) is 6.71. The van der Waals surface area contributed by atoms with Crippen LogP contribution in [0.2, 0.25) is 0 Å². The molecule has 15 heavy (non-hydrogen) atoms. The highest BCUT2D eigenvalue weighted by molar-refractivity contribution is 5.29. The Balaban J connectivity index is 1.96. The molecule has 5 nitrogen and oxygen atoms in total. The molecule has 0 atom stereocenters. The molecular weight excluding hydrogens is 190 g/mol. The fraction of sp³-hybridized carbons (Fsp3) is 0.800. The zero-order chi connectivity index (χ0) is 10.7. The molecule has 0 unspecified atom stereocenters. The lowest BCUT2D eigenvalue weighted by atomic mass is 10.00. The van der Waals surface area contributed by atoms with Crippen LogP contribution in [0.15, 0.2) is 0 Å². The first kappa shape index (κ1) is 10.4. The lowest BCUT2D eigenvalue weighted by molar-refractivity contribution is 0.434. The van der Waals surface area contributed by atoms with Gasteiger partial charge in [-0.2, -0.15) is 4.98 Å². The average molecular weight is 209 g/mol. The third kappa shape index (κ3) is 2.47. The summed E-state index contributed by atoms with van der Waals surface area (Å²) in [5.74, 6) is 2.61. The van der Waals surface area contributed by atoms with Gasteiger partial charge in [0.15, 0.2) is 0 Å². The van der Waals surface area contributed by atoms with E-state index >= 15 is 0 Å². The number of anilines is 1. The second-order valence-electron chi connectivity index (χ2n) is 4.28. The zero-order valence-electron chi connectivity index (χ0n) is 9.45. The smallest absolute Gasteiger partial charge is 0.244 e. The summed E-state index contributed by atoms with van der Waals surface area (Å²) in [5.41, 5.74) is 0. The molecule has 0 bridgehead atoms. The monoisotopic (exact) mass is 209 g/mol. The van der Waals surface area contributed by atoms with Crippen LogP contribution in [0.25, 0.3) is 0 Å². The van der Waals surface area contributed by atoms with Crippen LogP contribution in [0.5, 0.6) is 0 Å². The maximum atomic E-state index is 4.45. The largest absolute Gasteiger partial charge is 0.340 e. The van der Waals surface area contributed by atoms with Crippen molar-refractivity contribution >= 4 is 5.95 Å². The van der Waals surface area contributed by atoms with Gasteiger partial charge in [-0.25, -0.2) is 0 Å². The quantitative estimate of drug-likeness (QED) is 0.771. The second-order valence-corrected chi connectivity index (χ2v) is 4.28. The number of aromatic amines is 1. The van der Waals surface area contributed by atoms with Gasteiger partial charge in [0.2, 0.25) is 5.95 Å². The highest BCUT2D eigenvalue weighted by Crippen LogP contribution is 2.19. The maximum Gasteiger partial charge on any atom is 0.244 e. The van der Waals surface area contributed by atoms with Crippen molar-refractivity contribution in [2.75, 3.05) is 25.0 Å². The van der Waals surface area contributed by atoms with E-state index in [1.165, 1.54) is 12.8 Å². The summed E-state index contributed by atoms with van der Waals surface area (Å²) >= 11 is 0. The molecule has 1 aliphatic heterocycles. The lowest BCUT2D eigenvalue weighted by Gasteiger charge is -2.29. The topological polar surface area (TPSA) is 56.8 Å². The van der Waals surface area contributed by atoms with Gasteiger partial charge < -0.3 is 10.2 Å². The molecule has 1 aliphatic rings. The molecule has 5 heteroatoms. The van der Waals surface area contributed by atoms with Crippen LogP contribution < -0.4 is 10.2 Å². The van der Waals surface area contributed by atoms with E-state index < -0.39 is 0 Å². The van der Waals surface area contributed by atoms with Gasteiger partial charge in [-0.3, -0.25) is 5.10 Å². The number of hydrogen-bond acceptors (Lipinski definition) is 4. The first-order valence-corrected chi connectivity index (χ1v) is 5.60. The van der Waals surface area contributed by atoms with Crippen LogP contribution >= 0.6 is 0 Å². The Morgan fingerprint density at radius 3 is 2.87 bits per heavy atom. The lowest BCUT2D eigenvalue weighted by Crippen LogP contribution is -2.33. The third-order valence-corrected chi connectivity index (χ3v) is 2.93. The Morgan fingerprint density at radius 2 is 2.20 bits per heavy atom. The minimum Gasteiger partial charge on any atom is -0.340 e. The zero-order valence-corrected chi connectivity index (χ0v) is 9.45. The van der Waals surface area contributed by atoms with Gasteiger partial charge in [0.25, 0.3) is 0 Å².